The molecule has 0 radical (unpaired) electrons. The third-order valence-corrected chi connectivity index (χ3v) is 5.27. The van der Waals surface area contributed by atoms with E-state index in [1.54, 1.807) is 24.3 Å². The van der Waals surface area contributed by atoms with Gasteiger partial charge in [-0.1, -0.05) is 19.1 Å². The lowest BCUT2D eigenvalue weighted by molar-refractivity contribution is 0.317. The molecule has 0 fully saturated rings. The summed E-state index contributed by atoms with van der Waals surface area (Å²) in [5.74, 6) is 1.06. The van der Waals surface area contributed by atoms with Gasteiger partial charge in [-0.15, -0.1) is 0 Å². The van der Waals surface area contributed by atoms with Gasteiger partial charge in [0.25, 0.3) is 0 Å². The van der Waals surface area contributed by atoms with Gasteiger partial charge in [-0.05, 0) is 66.9 Å². The summed E-state index contributed by atoms with van der Waals surface area (Å²) in [6.07, 6.45) is 0.961. The van der Waals surface area contributed by atoms with Crippen molar-refractivity contribution in [3.63, 3.8) is 0 Å². The van der Waals surface area contributed by atoms with Gasteiger partial charge in [-0.25, -0.2) is 0 Å². The van der Waals surface area contributed by atoms with Gasteiger partial charge in [-0.2, -0.15) is 0 Å². The maximum absolute atomic E-state index is 10.5. The highest BCUT2D eigenvalue weighted by atomic mass is 16.5. The number of hydrogen-bond acceptors (Lipinski definition) is 4. The minimum Gasteiger partial charge on any atom is -0.508 e. The molecule has 0 saturated carbocycles. The van der Waals surface area contributed by atoms with Crippen molar-refractivity contribution in [3.05, 3.63) is 71.8 Å². The Morgan fingerprint density at radius 3 is 2.27 bits per heavy atom. The number of phenolic OH excluding ortho intramolecular Hbond substituents is 3. The molecule has 0 bridgehead atoms. The summed E-state index contributed by atoms with van der Waals surface area (Å²) in [7, 11) is 0. The molecule has 5 heteroatoms. The summed E-state index contributed by atoms with van der Waals surface area (Å²) in [4.78, 5) is 0. The summed E-state index contributed by atoms with van der Waals surface area (Å²) in [5.41, 5.74) is 4.47. The summed E-state index contributed by atoms with van der Waals surface area (Å²) in [6, 6.07) is 17.9. The van der Waals surface area contributed by atoms with Crippen LogP contribution in [-0.4, -0.2) is 26.5 Å². The van der Waals surface area contributed by atoms with E-state index in [9.17, 15) is 15.3 Å². The molecular weight excluding hydrogens is 378 g/mol. The second kappa shape index (κ2) is 8.03. The summed E-state index contributed by atoms with van der Waals surface area (Å²) < 4.78 is 7.80. The van der Waals surface area contributed by atoms with Gasteiger partial charge in [0.2, 0.25) is 0 Å². The second-order valence-corrected chi connectivity index (χ2v) is 7.46. The SMILES string of the molecule is CCCOc1ccc(Cn2c(-c3ccc(O)cc3O)c(C)c3cc(O)ccc32)cc1. The Balaban J connectivity index is 1.83. The molecule has 154 valence electrons. The van der Waals surface area contributed by atoms with E-state index in [-0.39, 0.29) is 17.2 Å². The lowest BCUT2D eigenvalue weighted by Gasteiger charge is -2.14. The number of benzene rings is 3. The van der Waals surface area contributed by atoms with Crippen molar-refractivity contribution in [1.29, 1.82) is 0 Å². The molecule has 0 unspecified atom stereocenters. The number of nitrogens with zero attached hydrogens (tertiary/aromatic N) is 1. The average molecular weight is 403 g/mol. The van der Waals surface area contributed by atoms with Crippen molar-refractivity contribution in [2.45, 2.75) is 26.8 Å². The Kier molecular flexibility index (Phi) is 5.27. The number of ether oxygens (including phenoxy) is 1. The molecule has 0 spiro atoms. The molecule has 0 amide bonds. The monoisotopic (exact) mass is 403 g/mol. The van der Waals surface area contributed by atoms with Crippen LogP contribution in [0.25, 0.3) is 22.2 Å². The number of hydrogen-bond donors (Lipinski definition) is 3. The minimum atomic E-state index is 0.00897. The highest BCUT2D eigenvalue weighted by molar-refractivity contribution is 5.93. The number of aromatic nitrogens is 1. The van der Waals surface area contributed by atoms with Crippen molar-refractivity contribution in [2.75, 3.05) is 6.61 Å². The number of rotatable bonds is 6. The van der Waals surface area contributed by atoms with Crippen molar-refractivity contribution in [2.24, 2.45) is 0 Å². The maximum atomic E-state index is 10.5. The van der Waals surface area contributed by atoms with Crippen LogP contribution in [0.3, 0.4) is 0 Å². The van der Waals surface area contributed by atoms with Gasteiger partial charge >= 0.3 is 0 Å². The van der Waals surface area contributed by atoms with Crippen LogP contribution in [-0.2, 0) is 6.54 Å². The number of aromatic hydroxyl groups is 3. The standard InChI is InChI=1S/C25H25NO4/c1-3-12-30-20-8-4-17(5-9-20)15-26-23-11-7-18(27)13-22(23)16(2)25(26)21-10-6-19(28)14-24(21)29/h4-11,13-14,27-29H,3,12,15H2,1-2H3. The first kappa shape index (κ1) is 19.7. The van der Waals surface area contributed by atoms with Crippen molar-refractivity contribution in [3.8, 4) is 34.3 Å². The zero-order valence-corrected chi connectivity index (χ0v) is 17.1. The van der Waals surface area contributed by atoms with E-state index < -0.39 is 0 Å². The Morgan fingerprint density at radius 2 is 1.57 bits per heavy atom. The fourth-order valence-corrected chi connectivity index (χ4v) is 3.84. The molecule has 1 heterocycles. The quantitative estimate of drug-likeness (QED) is 0.393. The number of fused-ring (bicyclic) bond motifs is 1. The van der Waals surface area contributed by atoms with Gasteiger partial charge in [0.15, 0.2) is 0 Å². The molecule has 5 nitrogen and oxygen atoms in total. The van der Waals surface area contributed by atoms with E-state index in [0.29, 0.717) is 18.7 Å². The van der Waals surface area contributed by atoms with Gasteiger partial charge < -0.3 is 24.6 Å². The van der Waals surface area contributed by atoms with Crippen molar-refractivity contribution in [1.82, 2.24) is 4.57 Å². The van der Waals surface area contributed by atoms with Crippen LogP contribution in [0.5, 0.6) is 23.0 Å². The molecule has 4 aromatic rings. The van der Waals surface area contributed by atoms with Gasteiger partial charge in [-0.3, -0.25) is 0 Å². The molecule has 0 aliphatic carbocycles. The van der Waals surface area contributed by atoms with Crippen LogP contribution < -0.4 is 4.74 Å². The lowest BCUT2D eigenvalue weighted by atomic mass is 10.0. The van der Waals surface area contributed by atoms with Crippen LogP contribution in [0.1, 0.15) is 24.5 Å². The first-order valence-electron chi connectivity index (χ1n) is 10.0. The summed E-state index contributed by atoms with van der Waals surface area (Å²) in [5, 5.41) is 31.1. The molecule has 0 aliphatic heterocycles. The van der Waals surface area contributed by atoms with E-state index >= 15 is 0 Å². The Bertz CT molecular complexity index is 1190. The van der Waals surface area contributed by atoms with Gasteiger partial charge in [0.05, 0.1) is 12.3 Å². The zero-order valence-electron chi connectivity index (χ0n) is 17.1. The van der Waals surface area contributed by atoms with E-state index in [1.807, 2.05) is 37.3 Å². The minimum absolute atomic E-state index is 0.00897. The predicted octanol–water partition coefficient (Wildman–Crippen LogP) is 5.57. The predicted molar refractivity (Wildman–Crippen MR) is 118 cm³/mol. The fraction of sp³-hybridized carbons (Fsp3) is 0.200. The average Bonchev–Trinajstić information content (AvgIpc) is 2.99. The molecule has 1 aromatic heterocycles. The summed E-state index contributed by atoms with van der Waals surface area (Å²) >= 11 is 0. The van der Waals surface area contributed by atoms with E-state index in [0.717, 1.165) is 39.9 Å². The van der Waals surface area contributed by atoms with Crippen LogP contribution in [0.2, 0.25) is 0 Å². The normalized spacial score (nSPS) is 11.1. The van der Waals surface area contributed by atoms with Crippen LogP contribution in [0.4, 0.5) is 0 Å². The highest BCUT2D eigenvalue weighted by Crippen LogP contribution is 2.40. The van der Waals surface area contributed by atoms with Crippen LogP contribution in [0, 0.1) is 6.92 Å². The van der Waals surface area contributed by atoms with Gasteiger partial charge in [0, 0.05) is 29.1 Å². The first-order chi connectivity index (χ1) is 14.5. The van der Waals surface area contributed by atoms with Gasteiger partial charge in [0.1, 0.15) is 23.0 Å². The topological polar surface area (TPSA) is 74.9 Å². The van der Waals surface area contributed by atoms with E-state index in [1.165, 1.54) is 6.07 Å². The highest BCUT2D eigenvalue weighted by Gasteiger charge is 2.19. The van der Waals surface area contributed by atoms with E-state index in [2.05, 4.69) is 11.5 Å². The summed E-state index contributed by atoms with van der Waals surface area (Å²) in [6.45, 7) is 5.32. The zero-order chi connectivity index (χ0) is 21.3. The van der Waals surface area contributed by atoms with Crippen LogP contribution >= 0.6 is 0 Å². The molecule has 0 atom stereocenters. The number of phenols is 3. The molecule has 0 aliphatic rings. The number of aryl methyl sites for hydroxylation is 1. The molecular formula is C25H25NO4. The van der Waals surface area contributed by atoms with Crippen molar-refractivity contribution < 1.29 is 20.1 Å². The molecule has 30 heavy (non-hydrogen) atoms. The van der Waals surface area contributed by atoms with Crippen LogP contribution in [0.15, 0.2) is 60.7 Å². The smallest absolute Gasteiger partial charge is 0.128 e. The molecule has 4 rings (SSSR count). The third-order valence-electron chi connectivity index (χ3n) is 5.27. The molecule has 3 N–H and O–H groups in total. The third kappa shape index (κ3) is 3.66. The second-order valence-electron chi connectivity index (χ2n) is 7.46. The Hall–Kier alpha value is -3.60. The fourth-order valence-electron chi connectivity index (χ4n) is 3.84. The largest absolute Gasteiger partial charge is 0.508 e. The Morgan fingerprint density at radius 1 is 0.867 bits per heavy atom. The first-order valence-corrected chi connectivity index (χ1v) is 10.0. The molecule has 3 aromatic carbocycles. The van der Waals surface area contributed by atoms with E-state index in [4.69, 9.17) is 4.74 Å². The van der Waals surface area contributed by atoms with Crippen molar-refractivity contribution >= 4 is 10.9 Å². The molecule has 0 saturated heterocycles. The lowest BCUT2D eigenvalue weighted by Crippen LogP contribution is -2.03. The Labute approximate surface area is 175 Å². The maximum Gasteiger partial charge on any atom is 0.128 e.